The van der Waals surface area contributed by atoms with Crippen LogP contribution in [0.15, 0.2) is 0 Å². The van der Waals surface area contributed by atoms with Crippen molar-refractivity contribution >= 4 is 16.0 Å². The molecule has 0 unspecified atom stereocenters. The van der Waals surface area contributed by atoms with E-state index in [4.69, 9.17) is 0 Å². The Morgan fingerprint density at radius 1 is 0.553 bits per heavy atom. The maximum atomic E-state index is 14.8. The molecule has 0 N–H and O–H groups in total. The van der Waals surface area contributed by atoms with E-state index >= 15 is 0 Å². The molecule has 0 aliphatic carbocycles. The lowest BCUT2D eigenvalue weighted by molar-refractivity contribution is -0.458. The van der Waals surface area contributed by atoms with Gasteiger partial charge in [0, 0.05) is 6.54 Å². The Morgan fingerprint density at radius 3 is 1.26 bits per heavy atom. The summed E-state index contributed by atoms with van der Waals surface area (Å²) in [6, 6.07) is 0. The minimum atomic E-state index is -8.94. The second kappa shape index (κ2) is 14.6. The highest BCUT2D eigenvalue weighted by Gasteiger charge is 2.96. The minimum absolute atomic E-state index is 0.0998. The second-order valence-electron chi connectivity index (χ2n) is 11.4. The Labute approximate surface area is 258 Å². The molecule has 0 saturated heterocycles. The lowest BCUT2D eigenvalue weighted by atomic mass is 9.91. The molecule has 0 saturated carbocycles. The summed E-state index contributed by atoms with van der Waals surface area (Å²) in [5, 5.41) is -7.74. The predicted molar refractivity (Wildman–Crippen MR) is 130 cm³/mol. The average molecular weight is 754 g/mol. The third-order valence-corrected chi connectivity index (χ3v) is 8.24. The van der Waals surface area contributed by atoms with Crippen LogP contribution in [0.1, 0.15) is 79.1 Å². The van der Waals surface area contributed by atoms with Crippen molar-refractivity contribution in [3.8, 4) is 0 Å². The SMILES string of the molecule is CCCCCCCCCCN(CC(=O)OC(C)(C)C)S(=O)(=O)C(F)(F)C(F)(F)C(F)(F)C(F)(F)C(F)(F)C(F)(F)C(F)(F)C(F)(F)F. The Hall–Kier alpha value is -1.81. The van der Waals surface area contributed by atoms with Crippen molar-refractivity contribution in [1.82, 2.24) is 4.31 Å². The van der Waals surface area contributed by atoms with Gasteiger partial charge in [0.15, 0.2) is 0 Å². The standard InChI is InChI=1S/C24H32F17NO4S/c1-5-6-7-8-9-10-11-12-13-42(14-15(43)46-16(2,3)4)47(44,45)24(40,41)22(35,36)20(31,32)18(27,28)17(25,26)19(29,30)21(33,34)23(37,38)39/h5-14H2,1-4H3. The van der Waals surface area contributed by atoms with E-state index in [-0.39, 0.29) is 12.8 Å². The highest BCUT2D eigenvalue weighted by atomic mass is 32.2. The number of nitrogens with zero attached hydrogens (tertiary/aromatic N) is 1. The van der Waals surface area contributed by atoms with Crippen LogP contribution in [0, 0.1) is 0 Å². The summed E-state index contributed by atoms with van der Waals surface area (Å²) in [6.07, 6.45) is -4.90. The first-order valence-corrected chi connectivity index (χ1v) is 14.9. The fraction of sp³-hybridized carbons (Fsp3) is 0.958. The molecule has 0 spiro atoms. The smallest absolute Gasteiger partial charge is 0.459 e. The van der Waals surface area contributed by atoms with Crippen LogP contribution in [-0.4, -0.2) is 84.3 Å². The molecular formula is C24H32F17NO4S. The summed E-state index contributed by atoms with van der Waals surface area (Å²) in [7, 11) is -7.61. The molecule has 0 amide bonds. The molecule has 0 aliphatic rings. The van der Waals surface area contributed by atoms with Crippen LogP contribution < -0.4 is 0 Å². The fourth-order valence-corrected chi connectivity index (χ4v) is 5.12. The first kappa shape index (κ1) is 45.2. The molecule has 0 aliphatic heterocycles. The monoisotopic (exact) mass is 753 g/mol. The van der Waals surface area contributed by atoms with E-state index in [1.54, 1.807) is 0 Å². The fourth-order valence-electron chi connectivity index (χ4n) is 3.70. The van der Waals surface area contributed by atoms with E-state index < -0.39 is 92.4 Å². The molecule has 0 bridgehead atoms. The molecule has 5 nitrogen and oxygen atoms in total. The summed E-state index contributed by atoms with van der Waals surface area (Å²) in [6.45, 7) is 1.80. The van der Waals surface area contributed by atoms with Crippen LogP contribution in [0.4, 0.5) is 74.6 Å². The molecule has 0 aromatic rings. The van der Waals surface area contributed by atoms with Gasteiger partial charge in [0.2, 0.25) is 0 Å². The number of hydrogen-bond donors (Lipinski definition) is 0. The minimum Gasteiger partial charge on any atom is -0.459 e. The van der Waals surface area contributed by atoms with Crippen molar-refractivity contribution in [3.63, 3.8) is 0 Å². The van der Waals surface area contributed by atoms with Crippen LogP contribution in [0.5, 0.6) is 0 Å². The van der Waals surface area contributed by atoms with Gasteiger partial charge in [-0.15, -0.1) is 0 Å². The summed E-state index contributed by atoms with van der Waals surface area (Å²) >= 11 is 0. The van der Waals surface area contributed by atoms with Crippen LogP contribution >= 0.6 is 0 Å². The number of halogens is 17. The largest absolute Gasteiger partial charge is 0.460 e. The number of alkyl halides is 17. The summed E-state index contributed by atoms with van der Waals surface area (Å²) < 4.78 is 261. The average Bonchev–Trinajstić information content (AvgIpc) is 2.86. The number of esters is 1. The van der Waals surface area contributed by atoms with E-state index in [0.29, 0.717) is 12.8 Å². The predicted octanol–water partition coefficient (Wildman–Crippen LogP) is 9.07. The summed E-state index contributed by atoms with van der Waals surface area (Å²) in [4.78, 5) is 12.1. The molecule has 0 rings (SSSR count). The summed E-state index contributed by atoms with van der Waals surface area (Å²) in [5.41, 5.74) is -1.54. The van der Waals surface area contributed by atoms with Gasteiger partial charge in [0.25, 0.3) is 10.0 Å². The number of carbonyl (C=O) groups excluding carboxylic acids is 1. The van der Waals surface area contributed by atoms with E-state index in [1.165, 1.54) is 0 Å². The van der Waals surface area contributed by atoms with Gasteiger partial charge in [-0.25, -0.2) is 8.42 Å². The third kappa shape index (κ3) is 8.68. The van der Waals surface area contributed by atoms with Crippen LogP contribution in [0.3, 0.4) is 0 Å². The molecule has 282 valence electrons. The highest BCUT2D eigenvalue weighted by molar-refractivity contribution is 7.90. The topological polar surface area (TPSA) is 63.7 Å². The van der Waals surface area contributed by atoms with Crippen molar-refractivity contribution in [3.05, 3.63) is 0 Å². The second-order valence-corrected chi connectivity index (χ2v) is 13.3. The van der Waals surface area contributed by atoms with Crippen LogP contribution in [0.2, 0.25) is 0 Å². The Kier molecular flexibility index (Phi) is 14.0. The van der Waals surface area contributed by atoms with Gasteiger partial charge in [-0.1, -0.05) is 51.9 Å². The molecule has 0 heterocycles. The van der Waals surface area contributed by atoms with Crippen molar-refractivity contribution in [2.24, 2.45) is 0 Å². The lowest BCUT2D eigenvalue weighted by Crippen LogP contribution is -2.75. The van der Waals surface area contributed by atoms with Crippen molar-refractivity contribution in [1.29, 1.82) is 0 Å². The number of hydrogen-bond acceptors (Lipinski definition) is 4. The number of ether oxygens (including phenoxy) is 1. The van der Waals surface area contributed by atoms with Gasteiger partial charge in [0.1, 0.15) is 12.1 Å². The molecular weight excluding hydrogens is 721 g/mol. The Bertz CT molecular complexity index is 1150. The van der Waals surface area contributed by atoms with Gasteiger partial charge in [-0.2, -0.15) is 78.9 Å². The van der Waals surface area contributed by atoms with Gasteiger partial charge in [0.05, 0.1) is 0 Å². The van der Waals surface area contributed by atoms with Gasteiger partial charge >= 0.3 is 52.9 Å². The quantitative estimate of drug-likeness (QED) is 0.0751. The zero-order valence-electron chi connectivity index (χ0n) is 25.0. The van der Waals surface area contributed by atoms with Crippen molar-refractivity contribution < 1.29 is 92.6 Å². The number of carbonyl (C=O) groups is 1. The van der Waals surface area contributed by atoms with Crippen LogP contribution in [0.25, 0.3) is 0 Å². The van der Waals surface area contributed by atoms with E-state index in [0.717, 1.165) is 40.0 Å². The lowest BCUT2D eigenvalue weighted by Gasteiger charge is -2.43. The van der Waals surface area contributed by atoms with E-state index in [1.807, 2.05) is 6.92 Å². The van der Waals surface area contributed by atoms with Gasteiger partial charge in [-0.3, -0.25) is 4.79 Å². The zero-order chi connectivity index (χ0) is 37.9. The first-order valence-electron chi connectivity index (χ1n) is 13.5. The molecule has 0 aromatic heterocycles. The Morgan fingerprint density at radius 2 is 0.894 bits per heavy atom. The third-order valence-electron chi connectivity index (χ3n) is 6.34. The highest BCUT2D eigenvalue weighted by Crippen LogP contribution is 2.64. The zero-order valence-corrected chi connectivity index (χ0v) is 25.8. The van der Waals surface area contributed by atoms with Crippen molar-refractivity contribution in [2.45, 2.75) is 132 Å². The summed E-state index contributed by atoms with van der Waals surface area (Å²) in [5.74, 6) is -54.0. The number of sulfonamides is 1. The molecule has 0 atom stereocenters. The number of unbranched alkanes of at least 4 members (excludes halogenated alkanes) is 7. The van der Waals surface area contributed by atoms with Gasteiger partial charge < -0.3 is 4.74 Å². The maximum Gasteiger partial charge on any atom is 0.460 e. The van der Waals surface area contributed by atoms with E-state index in [2.05, 4.69) is 4.74 Å². The normalized spacial score (nSPS) is 15.4. The van der Waals surface area contributed by atoms with E-state index in [9.17, 15) is 87.8 Å². The first-order chi connectivity index (χ1) is 20.6. The van der Waals surface area contributed by atoms with Crippen molar-refractivity contribution in [2.75, 3.05) is 13.1 Å². The molecule has 0 fully saturated rings. The molecule has 0 radical (unpaired) electrons. The molecule has 47 heavy (non-hydrogen) atoms. The van der Waals surface area contributed by atoms with Gasteiger partial charge in [-0.05, 0) is 27.2 Å². The van der Waals surface area contributed by atoms with Crippen LogP contribution in [-0.2, 0) is 19.6 Å². The maximum absolute atomic E-state index is 14.8. The molecule has 0 aromatic carbocycles. The Balaban J connectivity index is 6.80. The number of rotatable bonds is 19. The molecule has 23 heteroatoms.